The highest BCUT2D eigenvalue weighted by Crippen LogP contribution is 2.27. The van der Waals surface area contributed by atoms with E-state index in [1.165, 1.54) is 0 Å². The largest absolute Gasteiger partial charge is 0.497 e. The highest BCUT2D eigenvalue weighted by Gasteiger charge is 2.20. The second-order valence-electron chi connectivity index (χ2n) is 6.51. The third-order valence-corrected chi connectivity index (χ3v) is 4.72. The number of carbonyl (C=O) groups excluding carboxylic acids is 1. The number of benzene rings is 2. The Bertz CT molecular complexity index is 935. The molecule has 2 N–H and O–H groups in total. The van der Waals surface area contributed by atoms with E-state index in [4.69, 9.17) is 4.74 Å². The third kappa shape index (κ3) is 4.07. The van der Waals surface area contributed by atoms with Crippen LogP contribution in [0.2, 0.25) is 0 Å². The number of amides is 1. The predicted molar refractivity (Wildman–Crippen MR) is 109 cm³/mol. The molecule has 1 unspecified atom stereocenters. The molecule has 27 heavy (non-hydrogen) atoms. The minimum atomic E-state index is -0.0242. The molecule has 0 bridgehead atoms. The summed E-state index contributed by atoms with van der Waals surface area (Å²) >= 11 is 0. The summed E-state index contributed by atoms with van der Waals surface area (Å²) in [6, 6.07) is 15.8. The number of para-hydroxylation sites is 2. The van der Waals surface area contributed by atoms with E-state index in [1.807, 2.05) is 53.1 Å². The molecule has 0 radical (unpaired) electrons. The fourth-order valence-corrected chi connectivity index (χ4v) is 3.45. The van der Waals surface area contributed by atoms with Crippen molar-refractivity contribution in [1.82, 2.24) is 14.9 Å². The maximum Gasteiger partial charge on any atom is 0.228 e. The Morgan fingerprint density at radius 2 is 2.15 bits per heavy atom. The van der Waals surface area contributed by atoms with E-state index >= 15 is 0 Å². The smallest absolute Gasteiger partial charge is 0.228 e. The highest BCUT2D eigenvalue weighted by atomic mass is 35.5. The molecule has 0 saturated carbocycles. The van der Waals surface area contributed by atoms with Gasteiger partial charge >= 0.3 is 0 Å². The van der Waals surface area contributed by atoms with Gasteiger partial charge in [-0.3, -0.25) is 14.7 Å². The normalized spacial score (nSPS) is 16.1. The van der Waals surface area contributed by atoms with Crippen molar-refractivity contribution in [3.05, 3.63) is 48.5 Å². The number of hydrogen-bond acceptors (Lipinski definition) is 4. The lowest BCUT2D eigenvalue weighted by atomic mass is 10.1. The van der Waals surface area contributed by atoms with E-state index in [1.54, 1.807) is 7.11 Å². The summed E-state index contributed by atoms with van der Waals surface area (Å²) in [6.45, 7) is 0.986. The summed E-state index contributed by atoms with van der Waals surface area (Å²) in [4.78, 5) is 17.2. The van der Waals surface area contributed by atoms with Gasteiger partial charge in [-0.25, -0.2) is 4.98 Å². The number of methoxy groups -OCH3 is 1. The fourth-order valence-electron chi connectivity index (χ4n) is 3.45. The molecule has 1 amide bonds. The Hall–Kier alpha value is -2.57. The molecule has 1 atom stereocenters. The molecular formula is C20H23ClN4O2. The summed E-state index contributed by atoms with van der Waals surface area (Å²) < 4.78 is 7.30. The minimum Gasteiger partial charge on any atom is -0.497 e. The maximum absolute atomic E-state index is 12.5. The Kier molecular flexibility index (Phi) is 5.98. The van der Waals surface area contributed by atoms with E-state index in [-0.39, 0.29) is 24.4 Å². The van der Waals surface area contributed by atoms with Gasteiger partial charge in [0.25, 0.3) is 0 Å². The molecule has 1 saturated heterocycles. The fraction of sp³-hybridized carbons (Fsp3) is 0.300. The van der Waals surface area contributed by atoms with E-state index in [0.717, 1.165) is 41.9 Å². The number of nitrogens with one attached hydrogen (secondary N) is 2. The minimum absolute atomic E-state index is 0. The average Bonchev–Trinajstić information content (AvgIpc) is 3.28. The number of fused-ring (bicyclic) bond motifs is 1. The van der Waals surface area contributed by atoms with Crippen LogP contribution in [0, 0.1) is 0 Å². The Morgan fingerprint density at radius 3 is 2.93 bits per heavy atom. The zero-order valence-corrected chi connectivity index (χ0v) is 16.0. The number of halogens is 1. The maximum atomic E-state index is 12.5. The van der Waals surface area contributed by atoms with Crippen LogP contribution in [0.4, 0.5) is 5.95 Å². The lowest BCUT2D eigenvalue weighted by molar-refractivity contribution is -0.116. The number of aromatic nitrogens is 2. The van der Waals surface area contributed by atoms with E-state index < -0.39 is 0 Å². The average molecular weight is 387 g/mol. The molecule has 4 rings (SSSR count). The van der Waals surface area contributed by atoms with Crippen molar-refractivity contribution < 1.29 is 9.53 Å². The first kappa shape index (κ1) is 19.2. The molecule has 0 aliphatic carbocycles. The molecule has 1 aliphatic rings. The van der Waals surface area contributed by atoms with Gasteiger partial charge in [-0.2, -0.15) is 0 Å². The molecule has 1 fully saturated rings. The number of rotatable bonds is 5. The van der Waals surface area contributed by atoms with Crippen molar-refractivity contribution in [2.75, 3.05) is 19.0 Å². The van der Waals surface area contributed by atoms with Crippen molar-refractivity contribution >= 4 is 35.3 Å². The molecule has 2 aromatic carbocycles. The Labute approximate surface area is 164 Å². The van der Waals surface area contributed by atoms with Gasteiger partial charge in [0, 0.05) is 18.5 Å². The first-order valence-electron chi connectivity index (χ1n) is 8.90. The first-order valence-corrected chi connectivity index (χ1v) is 8.90. The van der Waals surface area contributed by atoms with Crippen LogP contribution < -0.4 is 15.4 Å². The number of anilines is 1. The molecule has 1 aliphatic heterocycles. The SMILES string of the molecule is COc1cccc(-n2c(NC(=O)CC3CCCN3)nc3ccccc32)c1.Cl. The standard InChI is InChI=1S/C20H22N4O2.ClH/c1-26-16-8-4-7-15(13-16)24-18-10-3-2-9-17(18)22-20(24)23-19(25)12-14-6-5-11-21-14;/h2-4,7-10,13-14,21H,5-6,11-12H2,1H3,(H,22,23,25);1H. The van der Waals surface area contributed by atoms with E-state index in [9.17, 15) is 4.79 Å². The molecule has 7 heteroatoms. The zero-order chi connectivity index (χ0) is 17.9. The van der Waals surface area contributed by atoms with Crippen molar-refractivity contribution in [2.45, 2.75) is 25.3 Å². The number of imidazole rings is 1. The molecule has 1 aromatic heterocycles. The quantitative estimate of drug-likeness (QED) is 0.703. The zero-order valence-electron chi connectivity index (χ0n) is 15.1. The summed E-state index contributed by atoms with van der Waals surface area (Å²) in [5.41, 5.74) is 2.67. The molecule has 6 nitrogen and oxygen atoms in total. The molecule has 2 heterocycles. The van der Waals surface area contributed by atoms with Crippen LogP contribution in [0.25, 0.3) is 16.7 Å². The van der Waals surface area contributed by atoms with Gasteiger partial charge in [-0.15, -0.1) is 12.4 Å². The van der Waals surface area contributed by atoms with E-state index in [2.05, 4.69) is 15.6 Å². The topological polar surface area (TPSA) is 68.2 Å². The second-order valence-corrected chi connectivity index (χ2v) is 6.51. The van der Waals surface area contributed by atoms with Crippen LogP contribution in [0.15, 0.2) is 48.5 Å². The molecule has 3 aromatic rings. The number of hydrogen-bond donors (Lipinski definition) is 2. The van der Waals surface area contributed by atoms with Gasteiger partial charge < -0.3 is 10.1 Å². The van der Waals surface area contributed by atoms with Gasteiger partial charge in [0.15, 0.2) is 0 Å². The van der Waals surface area contributed by atoms with Crippen LogP contribution >= 0.6 is 12.4 Å². The van der Waals surface area contributed by atoms with Gasteiger partial charge in [0.1, 0.15) is 5.75 Å². The Balaban J connectivity index is 0.00000210. The van der Waals surface area contributed by atoms with Gasteiger partial charge in [0.2, 0.25) is 11.9 Å². The lowest BCUT2D eigenvalue weighted by Gasteiger charge is -2.13. The van der Waals surface area contributed by atoms with E-state index in [0.29, 0.717) is 12.4 Å². The van der Waals surface area contributed by atoms with Crippen molar-refractivity contribution in [3.8, 4) is 11.4 Å². The van der Waals surface area contributed by atoms with Gasteiger partial charge in [0.05, 0.1) is 23.8 Å². The molecule has 142 valence electrons. The van der Waals surface area contributed by atoms with Crippen LogP contribution in [0.5, 0.6) is 5.75 Å². The third-order valence-electron chi connectivity index (χ3n) is 4.72. The highest BCUT2D eigenvalue weighted by molar-refractivity contribution is 5.92. The Morgan fingerprint density at radius 1 is 1.30 bits per heavy atom. The summed E-state index contributed by atoms with van der Waals surface area (Å²) in [7, 11) is 1.64. The summed E-state index contributed by atoms with van der Waals surface area (Å²) in [5, 5.41) is 6.35. The van der Waals surface area contributed by atoms with Crippen LogP contribution in [0.3, 0.4) is 0 Å². The summed E-state index contributed by atoms with van der Waals surface area (Å²) in [6.07, 6.45) is 2.63. The molecular weight excluding hydrogens is 364 g/mol. The predicted octanol–water partition coefficient (Wildman–Crippen LogP) is 3.54. The second kappa shape index (κ2) is 8.41. The van der Waals surface area contributed by atoms with Crippen molar-refractivity contribution in [3.63, 3.8) is 0 Å². The monoisotopic (exact) mass is 386 g/mol. The first-order chi connectivity index (χ1) is 12.7. The van der Waals surface area contributed by atoms with Gasteiger partial charge in [-0.05, 0) is 43.7 Å². The van der Waals surface area contributed by atoms with Crippen LogP contribution in [0.1, 0.15) is 19.3 Å². The molecule has 0 spiro atoms. The lowest BCUT2D eigenvalue weighted by Crippen LogP contribution is -2.28. The van der Waals surface area contributed by atoms with Crippen LogP contribution in [-0.2, 0) is 4.79 Å². The number of carbonyl (C=O) groups is 1. The van der Waals surface area contributed by atoms with Gasteiger partial charge in [-0.1, -0.05) is 18.2 Å². The number of nitrogens with zero attached hydrogens (tertiary/aromatic N) is 2. The number of ether oxygens (including phenoxy) is 1. The summed E-state index contributed by atoms with van der Waals surface area (Å²) in [5.74, 6) is 1.26. The van der Waals surface area contributed by atoms with Crippen molar-refractivity contribution in [1.29, 1.82) is 0 Å². The van der Waals surface area contributed by atoms with Crippen molar-refractivity contribution in [2.24, 2.45) is 0 Å². The van der Waals surface area contributed by atoms with Crippen LogP contribution in [-0.4, -0.2) is 35.2 Å².